The zero-order chi connectivity index (χ0) is 16.1. The molecule has 3 heterocycles. The van der Waals surface area contributed by atoms with Crippen LogP contribution in [-0.4, -0.2) is 40.0 Å². The summed E-state index contributed by atoms with van der Waals surface area (Å²) in [6, 6.07) is 7.39. The fraction of sp³-hybridized carbons (Fsp3) is 0.312. The summed E-state index contributed by atoms with van der Waals surface area (Å²) >= 11 is 0. The highest BCUT2D eigenvalue weighted by Gasteiger charge is 2.21. The second-order valence-electron chi connectivity index (χ2n) is 5.34. The Hall–Kier alpha value is -3.01. The predicted octanol–water partition coefficient (Wildman–Crippen LogP) is 1.14. The van der Waals surface area contributed by atoms with Crippen molar-refractivity contribution in [3.8, 4) is 6.07 Å². The van der Waals surface area contributed by atoms with Crippen molar-refractivity contribution in [1.29, 1.82) is 5.26 Å². The molecule has 7 nitrogen and oxygen atoms in total. The number of aromatic nitrogens is 3. The lowest BCUT2D eigenvalue weighted by Gasteiger charge is -2.33. The molecule has 0 radical (unpaired) electrons. The summed E-state index contributed by atoms with van der Waals surface area (Å²) in [6.45, 7) is 1.67. The summed E-state index contributed by atoms with van der Waals surface area (Å²) in [7, 11) is 0. The Morgan fingerprint density at radius 2 is 2.09 bits per heavy atom. The number of amides is 1. The monoisotopic (exact) mass is 308 g/mol. The van der Waals surface area contributed by atoms with Gasteiger partial charge in [0.2, 0.25) is 0 Å². The van der Waals surface area contributed by atoms with Crippen LogP contribution in [0.1, 0.15) is 29.0 Å². The minimum absolute atomic E-state index is 0.139. The van der Waals surface area contributed by atoms with Crippen LogP contribution in [0.5, 0.6) is 0 Å². The number of nitrogens with one attached hydrogen (secondary N) is 1. The fourth-order valence-corrected chi connectivity index (χ4v) is 2.61. The van der Waals surface area contributed by atoms with Gasteiger partial charge in [-0.2, -0.15) is 5.26 Å². The third-order valence-corrected chi connectivity index (χ3v) is 3.87. The zero-order valence-corrected chi connectivity index (χ0v) is 12.5. The number of nitriles is 1. The van der Waals surface area contributed by atoms with Crippen LogP contribution in [0, 0.1) is 11.3 Å². The predicted molar refractivity (Wildman–Crippen MR) is 83.7 cm³/mol. The average Bonchev–Trinajstić information content (AvgIpc) is 2.63. The second kappa shape index (κ2) is 6.83. The van der Waals surface area contributed by atoms with Gasteiger partial charge in [-0.3, -0.25) is 4.79 Å². The Labute approximate surface area is 134 Å². The molecular weight excluding hydrogens is 292 g/mol. The SMILES string of the molecule is N#Cc1ccc(N2CCC(NC(=O)c3ccncn3)CC2)cn1. The van der Waals surface area contributed by atoms with Gasteiger partial charge >= 0.3 is 0 Å². The van der Waals surface area contributed by atoms with Crippen molar-refractivity contribution in [2.75, 3.05) is 18.0 Å². The third kappa shape index (κ3) is 3.61. The van der Waals surface area contributed by atoms with E-state index < -0.39 is 0 Å². The Bertz CT molecular complexity index is 702. The van der Waals surface area contributed by atoms with E-state index in [2.05, 4.69) is 25.2 Å². The van der Waals surface area contributed by atoms with Crippen molar-refractivity contribution < 1.29 is 4.79 Å². The first-order valence-corrected chi connectivity index (χ1v) is 7.44. The lowest BCUT2D eigenvalue weighted by atomic mass is 10.0. The largest absolute Gasteiger partial charge is 0.370 e. The Balaban J connectivity index is 1.54. The van der Waals surface area contributed by atoms with Crippen LogP contribution in [0.2, 0.25) is 0 Å². The molecule has 1 aliphatic rings. The molecule has 1 N–H and O–H groups in total. The molecular formula is C16H16N6O. The number of anilines is 1. The minimum Gasteiger partial charge on any atom is -0.370 e. The van der Waals surface area contributed by atoms with Crippen LogP contribution >= 0.6 is 0 Å². The lowest BCUT2D eigenvalue weighted by Crippen LogP contribution is -2.44. The van der Waals surface area contributed by atoms with Gasteiger partial charge in [-0.25, -0.2) is 15.0 Å². The van der Waals surface area contributed by atoms with Crippen LogP contribution in [-0.2, 0) is 0 Å². The van der Waals surface area contributed by atoms with Crippen LogP contribution < -0.4 is 10.2 Å². The van der Waals surface area contributed by atoms with Gasteiger partial charge < -0.3 is 10.2 Å². The average molecular weight is 308 g/mol. The van der Waals surface area contributed by atoms with Crippen LogP contribution in [0.25, 0.3) is 0 Å². The number of carbonyl (C=O) groups excluding carboxylic acids is 1. The summed E-state index contributed by atoms with van der Waals surface area (Å²) in [5.41, 5.74) is 1.81. The first-order chi connectivity index (χ1) is 11.3. The molecule has 7 heteroatoms. The van der Waals surface area contributed by atoms with E-state index in [0.717, 1.165) is 31.6 Å². The number of hydrogen-bond donors (Lipinski definition) is 1. The van der Waals surface area contributed by atoms with E-state index in [4.69, 9.17) is 5.26 Å². The van der Waals surface area contributed by atoms with E-state index in [9.17, 15) is 4.79 Å². The van der Waals surface area contributed by atoms with Gasteiger partial charge in [-0.05, 0) is 31.0 Å². The maximum atomic E-state index is 12.1. The molecule has 2 aromatic rings. The first kappa shape index (κ1) is 14.9. The normalized spacial score (nSPS) is 15.0. The highest BCUT2D eigenvalue weighted by Crippen LogP contribution is 2.19. The molecule has 1 saturated heterocycles. The molecule has 0 saturated carbocycles. The molecule has 3 rings (SSSR count). The Kier molecular flexibility index (Phi) is 4.43. The second-order valence-corrected chi connectivity index (χ2v) is 5.34. The smallest absolute Gasteiger partial charge is 0.270 e. The van der Waals surface area contributed by atoms with Gasteiger partial charge in [-0.15, -0.1) is 0 Å². The summed E-state index contributed by atoms with van der Waals surface area (Å²) in [6.07, 6.45) is 6.36. The number of piperidine rings is 1. The number of rotatable bonds is 3. The topological polar surface area (TPSA) is 94.8 Å². The van der Waals surface area contributed by atoms with E-state index >= 15 is 0 Å². The minimum atomic E-state index is -0.161. The van der Waals surface area contributed by atoms with E-state index in [-0.39, 0.29) is 11.9 Å². The van der Waals surface area contributed by atoms with E-state index in [1.54, 1.807) is 24.5 Å². The van der Waals surface area contributed by atoms with Crippen molar-refractivity contribution >= 4 is 11.6 Å². The number of hydrogen-bond acceptors (Lipinski definition) is 6. The molecule has 0 atom stereocenters. The maximum Gasteiger partial charge on any atom is 0.270 e. The summed E-state index contributed by atoms with van der Waals surface area (Å²) in [5.74, 6) is -0.161. The van der Waals surface area contributed by atoms with Gasteiger partial charge in [-0.1, -0.05) is 0 Å². The van der Waals surface area contributed by atoms with E-state index in [0.29, 0.717) is 11.4 Å². The number of carbonyl (C=O) groups is 1. The molecule has 23 heavy (non-hydrogen) atoms. The molecule has 1 amide bonds. The molecule has 0 spiro atoms. The van der Waals surface area contributed by atoms with Gasteiger partial charge in [0.15, 0.2) is 0 Å². The van der Waals surface area contributed by atoms with Crippen molar-refractivity contribution in [3.05, 3.63) is 48.3 Å². The van der Waals surface area contributed by atoms with Crippen molar-refractivity contribution in [2.45, 2.75) is 18.9 Å². The van der Waals surface area contributed by atoms with Crippen LogP contribution in [0.3, 0.4) is 0 Å². The summed E-state index contributed by atoms with van der Waals surface area (Å²) in [5, 5.41) is 11.8. The van der Waals surface area contributed by atoms with Gasteiger partial charge in [0.1, 0.15) is 23.8 Å². The fourth-order valence-electron chi connectivity index (χ4n) is 2.61. The lowest BCUT2D eigenvalue weighted by molar-refractivity contribution is 0.0926. The molecule has 0 bridgehead atoms. The summed E-state index contributed by atoms with van der Waals surface area (Å²) in [4.78, 5) is 26.1. The maximum absolute atomic E-state index is 12.1. The molecule has 0 unspecified atom stereocenters. The number of nitrogens with zero attached hydrogens (tertiary/aromatic N) is 5. The molecule has 0 aromatic carbocycles. The highest BCUT2D eigenvalue weighted by atomic mass is 16.1. The standard InChI is InChI=1S/C16H16N6O/c17-9-13-1-2-14(10-19-13)22-7-4-12(5-8-22)21-16(23)15-3-6-18-11-20-15/h1-3,6,10-12H,4-5,7-8H2,(H,21,23). The Morgan fingerprint density at radius 1 is 1.26 bits per heavy atom. The van der Waals surface area contributed by atoms with Crippen molar-refractivity contribution in [3.63, 3.8) is 0 Å². The molecule has 1 aliphatic heterocycles. The van der Waals surface area contributed by atoms with Crippen LogP contribution in [0.15, 0.2) is 36.9 Å². The molecule has 0 aliphatic carbocycles. The van der Waals surface area contributed by atoms with Gasteiger partial charge in [0.25, 0.3) is 5.91 Å². The van der Waals surface area contributed by atoms with Crippen molar-refractivity contribution in [1.82, 2.24) is 20.3 Å². The zero-order valence-electron chi connectivity index (χ0n) is 12.5. The van der Waals surface area contributed by atoms with E-state index in [1.165, 1.54) is 6.33 Å². The Morgan fingerprint density at radius 3 is 2.70 bits per heavy atom. The quantitative estimate of drug-likeness (QED) is 0.913. The van der Waals surface area contributed by atoms with Gasteiger partial charge in [0, 0.05) is 25.3 Å². The molecule has 1 fully saturated rings. The third-order valence-electron chi connectivity index (χ3n) is 3.87. The van der Waals surface area contributed by atoms with E-state index in [1.807, 2.05) is 12.1 Å². The highest BCUT2D eigenvalue weighted by molar-refractivity contribution is 5.92. The first-order valence-electron chi connectivity index (χ1n) is 7.44. The molecule has 116 valence electrons. The summed E-state index contributed by atoms with van der Waals surface area (Å²) < 4.78 is 0. The molecule has 2 aromatic heterocycles. The number of pyridine rings is 1. The van der Waals surface area contributed by atoms with Crippen molar-refractivity contribution in [2.24, 2.45) is 0 Å². The van der Waals surface area contributed by atoms with Crippen LogP contribution in [0.4, 0.5) is 5.69 Å². The van der Waals surface area contributed by atoms with Gasteiger partial charge in [0.05, 0.1) is 11.9 Å².